The molecule has 0 aromatic heterocycles. The third kappa shape index (κ3) is 4.02. The van der Waals surface area contributed by atoms with Gasteiger partial charge >= 0.3 is 0 Å². The Morgan fingerprint density at radius 1 is 1.09 bits per heavy atom. The molecule has 1 saturated heterocycles. The predicted molar refractivity (Wildman–Crippen MR) is 119 cm³/mol. The van der Waals surface area contributed by atoms with Gasteiger partial charge in [-0.1, -0.05) is 13.0 Å². The first-order valence-electron chi connectivity index (χ1n) is 10.9. The minimum absolute atomic E-state index is 0.0176. The van der Waals surface area contributed by atoms with Crippen LogP contribution in [0.15, 0.2) is 48.0 Å². The highest BCUT2D eigenvalue weighted by molar-refractivity contribution is 6.46. The van der Waals surface area contributed by atoms with Crippen molar-refractivity contribution in [3.63, 3.8) is 0 Å². The minimum Gasteiger partial charge on any atom is -0.507 e. The molecule has 1 amide bonds. The number of fused-ring (bicyclic) bond motifs is 1. The second kappa shape index (κ2) is 8.94. The molecule has 0 radical (unpaired) electrons. The van der Waals surface area contributed by atoms with E-state index < -0.39 is 17.7 Å². The molecule has 2 aliphatic rings. The molecule has 2 aromatic rings. The van der Waals surface area contributed by atoms with Crippen LogP contribution in [0.5, 0.6) is 17.2 Å². The third-order valence-corrected chi connectivity index (χ3v) is 5.39. The van der Waals surface area contributed by atoms with Gasteiger partial charge in [-0.05, 0) is 62.2 Å². The van der Waals surface area contributed by atoms with Crippen LogP contribution in [-0.2, 0) is 9.59 Å². The standard InChI is InChI=1S/C25H27NO6/c1-4-11-26-22(17-7-10-19-20(14-17)31-13-12-30-19)21(24(28)25(26)29)23(27)16-5-8-18(9-6-16)32-15(2)3/h5-10,14-15,22,27H,4,11-13H2,1-3H3/b23-21-. The molecule has 7 nitrogen and oxygen atoms in total. The lowest BCUT2D eigenvalue weighted by molar-refractivity contribution is -0.139. The summed E-state index contributed by atoms with van der Waals surface area (Å²) >= 11 is 0. The van der Waals surface area contributed by atoms with Gasteiger partial charge in [0.2, 0.25) is 0 Å². The molecule has 4 rings (SSSR count). The summed E-state index contributed by atoms with van der Waals surface area (Å²) in [6.45, 7) is 7.08. The lowest BCUT2D eigenvalue weighted by atomic mass is 9.95. The fraction of sp³-hybridized carbons (Fsp3) is 0.360. The van der Waals surface area contributed by atoms with Crippen molar-refractivity contribution in [2.24, 2.45) is 0 Å². The average Bonchev–Trinajstić information content (AvgIpc) is 3.03. The zero-order valence-corrected chi connectivity index (χ0v) is 18.5. The number of rotatable bonds is 6. The fourth-order valence-corrected chi connectivity index (χ4v) is 4.05. The van der Waals surface area contributed by atoms with Gasteiger partial charge in [0.05, 0.1) is 17.7 Å². The molecule has 0 spiro atoms. The van der Waals surface area contributed by atoms with E-state index in [4.69, 9.17) is 14.2 Å². The molecule has 0 aliphatic carbocycles. The monoisotopic (exact) mass is 437 g/mol. The van der Waals surface area contributed by atoms with E-state index in [1.807, 2.05) is 20.8 Å². The Kier molecular flexibility index (Phi) is 6.08. The van der Waals surface area contributed by atoms with Gasteiger partial charge < -0.3 is 24.2 Å². The van der Waals surface area contributed by atoms with Gasteiger partial charge in [0.1, 0.15) is 24.7 Å². The molecule has 2 aromatic carbocycles. The third-order valence-electron chi connectivity index (χ3n) is 5.39. The first kappa shape index (κ1) is 21.7. The van der Waals surface area contributed by atoms with E-state index in [0.717, 1.165) is 0 Å². The molecule has 1 atom stereocenters. The van der Waals surface area contributed by atoms with Crippen LogP contribution in [0.25, 0.3) is 5.76 Å². The lowest BCUT2D eigenvalue weighted by Gasteiger charge is -2.26. The van der Waals surface area contributed by atoms with Crippen molar-refractivity contribution >= 4 is 17.4 Å². The molecule has 1 fully saturated rings. The molecule has 0 bridgehead atoms. The van der Waals surface area contributed by atoms with E-state index >= 15 is 0 Å². The molecular weight excluding hydrogens is 410 g/mol. The Bertz CT molecular complexity index is 1060. The Hall–Kier alpha value is -3.48. The van der Waals surface area contributed by atoms with Gasteiger partial charge in [0, 0.05) is 12.1 Å². The number of amides is 1. The maximum absolute atomic E-state index is 13.0. The quantitative estimate of drug-likeness (QED) is 0.417. The molecule has 1 unspecified atom stereocenters. The second-order valence-corrected chi connectivity index (χ2v) is 8.09. The van der Waals surface area contributed by atoms with Crippen molar-refractivity contribution in [2.45, 2.75) is 39.3 Å². The van der Waals surface area contributed by atoms with E-state index in [0.29, 0.717) is 54.6 Å². The number of aliphatic hydroxyl groups is 1. The van der Waals surface area contributed by atoms with Crippen LogP contribution in [0.3, 0.4) is 0 Å². The predicted octanol–water partition coefficient (Wildman–Crippen LogP) is 4.08. The van der Waals surface area contributed by atoms with E-state index in [2.05, 4.69) is 0 Å². The molecule has 1 N–H and O–H groups in total. The summed E-state index contributed by atoms with van der Waals surface area (Å²) in [6.07, 6.45) is 0.694. The number of hydrogen-bond donors (Lipinski definition) is 1. The van der Waals surface area contributed by atoms with Crippen LogP contribution in [0.2, 0.25) is 0 Å². The number of Topliss-reactive ketones (excluding diaryl/α,β-unsaturated/α-hetero) is 1. The number of ketones is 1. The molecule has 2 aliphatic heterocycles. The maximum Gasteiger partial charge on any atom is 0.295 e. The van der Waals surface area contributed by atoms with Gasteiger partial charge in [-0.2, -0.15) is 0 Å². The first-order chi connectivity index (χ1) is 15.4. The van der Waals surface area contributed by atoms with Crippen molar-refractivity contribution in [3.8, 4) is 17.2 Å². The van der Waals surface area contributed by atoms with E-state index in [9.17, 15) is 14.7 Å². The van der Waals surface area contributed by atoms with Crippen molar-refractivity contribution < 1.29 is 28.9 Å². The second-order valence-electron chi connectivity index (χ2n) is 8.09. The van der Waals surface area contributed by atoms with Gasteiger partial charge in [0.25, 0.3) is 11.7 Å². The van der Waals surface area contributed by atoms with E-state index in [1.54, 1.807) is 42.5 Å². The van der Waals surface area contributed by atoms with Crippen molar-refractivity contribution in [1.82, 2.24) is 4.90 Å². The van der Waals surface area contributed by atoms with Crippen LogP contribution in [-0.4, -0.2) is 47.6 Å². The zero-order chi connectivity index (χ0) is 22.8. The Morgan fingerprint density at radius 2 is 1.78 bits per heavy atom. The number of aliphatic hydroxyl groups excluding tert-OH is 1. The maximum atomic E-state index is 13.0. The van der Waals surface area contributed by atoms with E-state index in [-0.39, 0.29) is 17.4 Å². The highest BCUT2D eigenvalue weighted by atomic mass is 16.6. The highest BCUT2D eigenvalue weighted by Gasteiger charge is 2.46. The Morgan fingerprint density at radius 3 is 2.44 bits per heavy atom. The zero-order valence-electron chi connectivity index (χ0n) is 18.5. The first-order valence-corrected chi connectivity index (χ1v) is 10.9. The number of carbonyl (C=O) groups is 2. The molecule has 7 heteroatoms. The highest BCUT2D eigenvalue weighted by Crippen LogP contribution is 2.42. The van der Waals surface area contributed by atoms with E-state index in [1.165, 1.54) is 4.90 Å². The summed E-state index contributed by atoms with van der Waals surface area (Å²) in [5.74, 6) is 0.315. The van der Waals surface area contributed by atoms with Crippen LogP contribution < -0.4 is 14.2 Å². The van der Waals surface area contributed by atoms with Crippen LogP contribution in [0.4, 0.5) is 0 Å². The molecule has 168 valence electrons. The fourth-order valence-electron chi connectivity index (χ4n) is 4.05. The Balaban J connectivity index is 1.79. The van der Waals surface area contributed by atoms with Gasteiger partial charge in [-0.3, -0.25) is 9.59 Å². The number of nitrogens with zero attached hydrogens (tertiary/aromatic N) is 1. The molecule has 2 heterocycles. The summed E-state index contributed by atoms with van der Waals surface area (Å²) < 4.78 is 16.9. The number of likely N-dealkylation sites (tertiary alicyclic amines) is 1. The number of hydrogen-bond acceptors (Lipinski definition) is 6. The largest absolute Gasteiger partial charge is 0.507 e. The number of ether oxygens (including phenoxy) is 3. The SMILES string of the molecule is CCCN1C(=O)C(=O)/C(=C(\O)c2ccc(OC(C)C)cc2)C1c1ccc2c(c1)OCCO2. The summed E-state index contributed by atoms with van der Waals surface area (Å²) in [5.41, 5.74) is 1.19. The van der Waals surface area contributed by atoms with Crippen molar-refractivity contribution in [1.29, 1.82) is 0 Å². The van der Waals surface area contributed by atoms with Crippen LogP contribution in [0, 0.1) is 0 Å². The smallest absolute Gasteiger partial charge is 0.295 e. The average molecular weight is 437 g/mol. The molecular formula is C25H27NO6. The number of carbonyl (C=O) groups excluding carboxylic acids is 2. The van der Waals surface area contributed by atoms with Gasteiger partial charge in [-0.15, -0.1) is 0 Å². The van der Waals surface area contributed by atoms with Gasteiger partial charge in [0.15, 0.2) is 11.5 Å². The Labute approximate surface area is 187 Å². The summed E-state index contributed by atoms with van der Waals surface area (Å²) in [7, 11) is 0. The topological polar surface area (TPSA) is 85.3 Å². The molecule has 0 saturated carbocycles. The van der Waals surface area contributed by atoms with Crippen molar-refractivity contribution in [3.05, 3.63) is 59.2 Å². The summed E-state index contributed by atoms with van der Waals surface area (Å²) in [6, 6.07) is 11.5. The molecule has 32 heavy (non-hydrogen) atoms. The minimum atomic E-state index is -0.711. The van der Waals surface area contributed by atoms with Crippen molar-refractivity contribution in [2.75, 3.05) is 19.8 Å². The number of benzene rings is 2. The summed E-state index contributed by atoms with van der Waals surface area (Å²) in [5, 5.41) is 11.1. The van der Waals surface area contributed by atoms with Crippen LogP contribution in [0.1, 0.15) is 44.4 Å². The lowest BCUT2D eigenvalue weighted by Crippen LogP contribution is -2.30. The van der Waals surface area contributed by atoms with Crippen LogP contribution >= 0.6 is 0 Å². The van der Waals surface area contributed by atoms with Gasteiger partial charge in [-0.25, -0.2) is 0 Å². The summed E-state index contributed by atoms with van der Waals surface area (Å²) in [4.78, 5) is 27.4. The normalized spacial score (nSPS) is 19.5.